The quantitative estimate of drug-likeness (QED) is 0.555. The van der Waals surface area contributed by atoms with E-state index in [1.165, 1.54) is 6.07 Å². The predicted molar refractivity (Wildman–Crippen MR) is 87.7 cm³/mol. The minimum absolute atomic E-state index is 0.369. The standard InChI is InChI=1S/C17H10ClFN4O/c18-12-2-1-3-14(7-12)24-17-5-4-16-21-10-15(23(16)22-17)11-6-13(19)9-20-8-11/h1-10H. The highest BCUT2D eigenvalue weighted by molar-refractivity contribution is 6.30. The molecule has 118 valence electrons. The van der Waals surface area contributed by atoms with Crippen molar-refractivity contribution in [3.05, 3.63) is 71.9 Å². The largest absolute Gasteiger partial charge is 0.438 e. The molecule has 0 spiro atoms. The van der Waals surface area contributed by atoms with Crippen LogP contribution in [0.25, 0.3) is 16.9 Å². The van der Waals surface area contributed by atoms with Gasteiger partial charge in [0.05, 0.1) is 18.1 Å². The minimum atomic E-state index is -0.422. The van der Waals surface area contributed by atoms with Crippen LogP contribution in [-0.4, -0.2) is 19.6 Å². The van der Waals surface area contributed by atoms with Gasteiger partial charge in [0.15, 0.2) is 5.65 Å². The molecule has 24 heavy (non-hydrogen) atoms. The third kappa shape index (κ3) is 2.79. The van der Waals surface area contributed by atoms with Gasteiger partial charge >= 0.3 is 0 Å². The molecule has 0 aliphatic carbocycles. The Bertz CT molecular complexity index is 1030. The fourth-order valence-electron chi connectivity index (χ4n) is 2.31. The number of benzene rings is 1. The normalized spacial score (nSPS) is 10.9. The molecule has 0 bridgehead atoms. The highest BCUT2D eigenvalue weighted by Crippen LogP contribution is 2.25. The summed E-state index contributed by atoms with van der Waals surface area (Å²) in [6.45, 7) is 0. The van der Waals surface area contributed by atoms with Gasteiger partial charge in [-0.15, -0.1) is 5.10 Å². The van der Waals surface area contributed by atoms with Gasteiger partial charge in [0.2, 0.25) is 5.88 Å². The van der Waals surface area contributed by atoms with E-state index in [1.807, 2.05) is 0 Å². The Morgan fingerprint density at radius 2 is 1.96 bits per heavy atom. The van der Waals surface area contributed by atoms with Gasteiger partial charge < -0.3 is 4.74 Å². The Morgan fingerprint density at radius 3 is 2.79 bits per heavy atom. The highest BCUT2D eigenvalue weighted by Gasteiger charge is 2.10. The molecule has 0 unspecified atom stereocenters. The summed E-state index contributed by atoms with van der Waals surface area (Å²) < 4.78 is 20.7. The summed E-state index contributed by atoms with van der Waals surface area (Å²) in [5, 5.41) is 4.98. The first-order chi connectivity index (χ1) is 11.7. The SMILES string of the molecule is Fc1cncc(-c2cnc3ccc(Oc4cccc(Cl)c4)nn23)c1. The van der Waals surface area contributed by atoms with Crippen LogP contribution in [0.15, 0.2) is 61.1 Å². The molecular formula is C17H10ClFN4O. The van der Waals surface area contributed by atoms with Crippen molar-refractivity contribution in [2.24, 2.45) is 0 Å². The molecule has 0 radical (unpaired) electrons. The first-order valence-corrected chi connectivity index (χ1v) is 7.46. The lowest BCUT2D eigenvalue weighted by atomic mass is 10.2. The van der Waals surface area contributed by atoms with Crippen LogP contribution in [0.3, 0.4) is 0 Å². The Morgan fingerprint density at radius 1 is 1.04 bits per heavy atom. The van der Waals surface area contributed by atoms with Crippen LogP contribution < -0.4 is 4.74 Å². The van der Waals surface area contributed by atoms with Crippen molar-refractivity contribution in [2.45, 2.75) is 0 Å². The van der Waals surface area contributed by atoms with Gasteiger partial charge in [-0.25, -0.2) is 13.9 Å². The molecule has 3 heterocycles. The molecule has 0 fully saturated rings. The fourth-order valence-corrected chi connectivity index (χ4v) is 2.49. The van der Waals surface area contributed by atoms with Crippen LogP contribution in [0.4, 0.5) is 4.39 Å². The molecule has 0 amide bonds. The fraction of sp³-hybridized carbons (Fsp3) is 0. The highest BCUT2D eigenvalue weighted by atomic mass is 35.5. The third-order valence-electron chi connectivity index (χ3n) is 3.36. The number of aromatic nitrogens is 4. The average molecular weight is 341 g/mol. The maximum absolute atomic E-state index is 13.4. The molecule has 0 aliphatic heterocycles. The molecule has 0 saturated heterocycles. The maximum Gasteiger partial charge on any atom is 0.237 e. The van der Waals surface area contributed by atoms with E-state index in [9.17, 15) is 4.39 Å². The van der Waals surface area contributed by atoms with Gasteiger partial charge in [-0.1, -0.05) is 17.7 Å². The summed E-state index contributed by atoms with van der Waals surface area (Å²) in [6.07, 6.45) is 4.31. The third-order valence-corrected chi connectivity index (χ3v) is 3.59. The molecule has 0 atom stereocenters. The summed E-state index contributed by atoms with van der Waals surface area (Å²) in [5.41, 5.74) is 1.82. The zero-order chi connectivity index (χ0) is 16.5. The van der Waals surface area contributed by atoms with E-state index in [4.69, 9.17) is 16.3 Å². The first kappa shape index (κ1) is 14.6. The van der Waals surface area contributed by atoms with E-state index in [2.05, 4.69) is 15.1 Å². The van der Waals surface area contributed by atoms with Gasteiger partial charge in [0, 0.05) is 22.8 Å². The second kappa shape index (κ2) is 5.90. The topological polar surface area (TPSA) is 52.3 Å². The number of pyridine rings is 1. The first-order valence-electron chi connectivity index (χ1n) is 7.08. The molecule has 0 saturated carbocycles. The van der Waals surface area contributed by atoms with Crippen LogP contribution in [0, 0.1) is 5.82 Å². The Hall–Kier alpha value is -2.99. The van der Waals surface area contributed by atoms with E-state index in [-0.39, 0.29) is 0 Å². The molecule has 7 heteroatoms. The molecule has 4 aromatic rings. The number of halogens is 2. The van der Waals surface area contributed by atoms with Crippen molar-refractivity contribution < 1.29 is 9.13 Å². The summed E-state index contributed by atoms with van der Waals surface area (Å²) in [7, 11) is 0. The van der Waals surface area contributed by atoms with Crippen LogP contribution in [0.1, 0.15) is 0 Å². The number of imidazole rings is 1. The number of hydrogen-bond acceptors (Lipinski definition) is 4. The van der Waals surface area contributed by atoms with Gasteiger partial charge in [0.25, 0.3) is 0 Å². The van der Waals surface area contributed by atoms with Crippen LogP contribution in [0.5, 0.6) is 11.6 Å². The monoisotopic (exact) mass is 340 g/mol. The molecular weight excluding hydrogens is 331 g/mol. The zero-order valence-corrected chi connectivity index (χ0v) is 13.0. The second-order valence-corrected chi connectivity index (χ2v) is 5.47. The predicted octanol–water partition coefficient (Wildman–Crippen LogP) is 4.38. The number of fused-ring (bicyclic) bond motifs is 1. The van der Waals surface area contributed by atoms with Crippen molar-refractivity contribution in [1.29, 1.82) is 0 Å². The Balaban J connectivity index is 1.76. The van der Waals surface area contributed by atoms with E-state index in [0.717, 1.165) is 6.20 Å². The number of nitrogens with zero attached hydrogens (tertiary/aromatic N) is 4. The average Bonchev–Trinajstić information content (AvgIpc) is 2.98. The van der Waals surface area contributed by atoms with Crippen molar-refractivity contribution in [3.8, 4) is 22.9 Å². The maximum atomic E-state index is 13.4. The summed E-state index contributed by atoms with van der Waals surface area (Å²) in [5.74, 6) is 0.519. The molecule has 3 aromatic heterocycles. The lowest BCUT2D eigenvalue weighted by molar-refractivity contribution is 0.453. The van der Waals surface area contributed by atoms with Gasteiger partial charge in [-0.3, -0.25) is 4.98 Å². The van der Waals surface area contributed by atoms with Crippen molar-refractivity contribution in [1.82, 2.24) is 19.6 Å². The van der Waals surface area contributed by atoms with Crippen LogP contribution in [-0.2, 0) is 0 Å². The Kier molecular flexibility index (Phi) is 3.59. The van der Waals surface area contributed by atoms with Crippen molar-refractivity contribution >= 4 is 17.2 Å². The summed E-state index contributed by atoms with van der Waals surface area (Å²) in [6, 6.07) is 11.9. The zero-order valence-electron chi connectivity index (χ0n) is 12.2. The smallest absolute Gasteiger partial charge is 0.237 e. The molecule has 0 aliphatic rings. The van der Waals surface area contributed by atoms with E-state index in [1.54, 1.807) is 53.3 Å². The summed E-state index contributed by atoms with van der Waals surface area (Å²) >= 11 is 5.95. The van der Waals surface area contributed by atoms with Crippen LogP contribution in [0.2, 0.25) is 5.02 Å². The van der Waals surface area contributed by atoms with Crippen molar-refractivity contribution in [2.75, 3.05) is 0 Å². The minimum Gasteiger partial charge on any atom is -0.438 e. The number of ether oxygens (including phenoxy) is 1. The lowest BCUT2D eigenvalue weighted by Gasteiger charge is -2.06. The van der Waals surface area contributed by atoms with Gasteiger partial charge in [0.1, 0.15) is 11.6 Å². The van der Waals surface area contributed by atoms with Crippen LogP contribution >= 0.6 is 11.6 Å². The summed E-state index contributed by atoms with van der Waals surface area (Å²) in [4.78, 5) is 8.12. The second-order valence-electron chi connectivity index (χ2n) is 5.04. The Labute approximate surface area is 141 Å². The van der Waals surface area contributed by atoms with Crippen molar-refractivity contribution in [3.63, 3.8) is 0 Å². The number of hydrogen-bond donors (Lipinski definition) is 0. The van der Waals surface area contributed by atoms with E-state index in [0.29, 0.717) is 33.6 Å². The molecule has 1 aromatic carbocycles. The molecule has 5 nitrogen and oxygen atoms in total. The molecule has 4 rings (SSSR count). The number of rotatable bonds is 3. The van der Waals surface area contributed by atoms with Gasteiger partial charge in [-0.05, 0) is 30.3 Å². The van der Waals surface area contributed by atoms with E-state index >= 15 is 0 Å². The lowest BCUT2D eigenvalue weighted by Crippen LogP contribution is -1.97. The van der Waals surface area contributed by atoms with Gasteiger partial charge in [-0.2, -0.15) is 0 Å². The van der Waals surface area contributed by atoms with E-state index < -0.39 is 5.82 Å². The molecule has 0 N–H and O–H groups in total.